The number of carbonyl (C=O) groups is 15. The molecule has 0 aromatic rings. The lowest BCUT2D eigenvalue weighted by Crippen LogP contribution is -2.73. The molecular weight excluding hydrogens is 1450 g/mol. The Hall–Kier alpha value is -8.54. The van der Waals surface area contributed by atoms with Crippen molar-refractivity contribution in [2.45, 2.75) is 256 Å². The molecule has 0 radical (unpaired) electrons. The predicted molar refractivity (Wildman–Crippen MR) is 330 cm³/mol. The Morgan fingerprint density at radius 2 is 0.924 bits per heavy atom. The molecule has 105 heavy (non-hydrogen) atoms. The molecule has 0 saturated carbocycles. The Labute approximate surface area is 596 Å². The molecule has 46 heteroatoms. The Morgan fingerprint density at radius 1 is 0.495 bits per heavy atom. The number of hydrogen-bond donors (Lipinski definition) is 10. The molecule has 25 atom stereocenters. The van der Waals surface area contributed by atoms with Gasteiger partial charge in [-0.2, -0.15) is 0 Å². The van der Waals surface area contributed by atoms with Crippen molar-refractivity contribution in [3.05, 3.63) is 11.5 Å². The lowest BCUT2D eigenvalue weighted by atomic mass is 9.85. The number of allylic oxidation sites excluding steroid dienone is 2. The van der Waals surface area contributed by atoms with E-state index < -0.39 is 275 Å². The first-order valence-corrected chi connectivity index (χ1v) is 32.6. The zero-order chi connectivity index (χ0) is 77.8. The van der Waals surface area contributed by atoms with Gasteiger partial charge in [-0.05, 0) is 13.8 Å². The summed E-state index contributed by atoms with van der Waals surface area (Å²) in [6, 6.07) is -4.10. The van der Waals surface area contributed by atoms with Crippen LogP contribution in [0.3, 0.4) is 0 Å². The van der Waals surface area contributed by atoms with E-state index in [-0.39, 0.29) is 19.0 Å². The average Bonchev–Trinajstić information content (AvgIpc) is 1.12. The summed E-state index contributed by atoms with van der Waals surface area (Å²) < 4.78 is 117. The molecule has 6 aliphatic rings. The van der Waals surface area contributed by atoms with Crippen molar-refractivity contribution in [2.24, 2.45) is 11.5 Å². The summed E-state index contributed by atoms with van der Waals surface area (Å²) in [6.07, 6.45) is -48.6. The van der Waals surface area contributed by atoms with Crippen LogP contribution >= 0.6 is 8.60 Å². The SMILES string of the molecule is CC(=O)N[C@H]1[C@H](O[C@H]2[C@H](OC(C)=O)[C@@H](NC(C)=O)[C@H](O[C@H]3[C@@H](OP(O)O)O[C@H](C(N)=O)[C@@](C)(O)[C@@H]3OC(N)=O)O[C@@H]2CO[C@@H]2O[C@H](COC(C)=O)[C@@H](OC(C)=O)[C@H](OC(C)=O)[C@H]2OC(C)=O)O[C@H](C)[C@@H](O[C@@H]2O[C@H](C(=O)NC3=C(O)CCC3=O)[C@H](OC(C)=O)[C@H](OC(C)=O)[C@H]2OC(C)=O)[C@@H]1OC(C)=O.N. The van der Waals surface area contributed by atoms with E-state index in [1.54, 1.807) is 0 Å². The number of nitrogens with one attached hydrogen (secondary N) is 3. The first-order chi connectivity index (χ1) is 48.5. The maximum atomic E-state index is 14.3. The number of hydrogen-bond acceptors (Lipinski definition) is 40. The quantitative estimate of drug-likeness (QED) is 0.0209. The smallest absolute Gasteiger partial charge is 0.404 e. The fourth-order valence-electron chi connectivity index (χ4n) is 12.1. The summed E-state index contributed by atoms with van der Waals surface area (Å²) in [5, 5.41) is 29.6. The molecule has 45 nitrogen and oxygen atoms in total. The molecule has 6 rings (SSSR count). The van der Waals surface area contributed by atoms with Gasteiger partial charge in [0.05, 0.1) is 12.7 Å². The van der Waals surface area contributed by atoms with Gasteiger partial charge in [0, 0.05) is 89.0 Å². The van der Waals surface area contributed by atoms with Crippen LogP contribution in [-0.2, 0) is 162 Å². The van der Waals surface area contributed by atoms with Gasteiger partial charge in [0.15, 0.2) is 110 Å². The Morgan fingerprint density at radius 3 is 1.39 bits per heavy atom. The number of carbonyl (C=O) groups excluding carboxylic acids is 15. The largest absolute Gasteiger partial charge is 0.510 e. The minimum atomic E-state index is -3.61. The molecule has 5 heterocycles. The summed E-state index contributed by atoms with van der Waals surface area (Å²) in [5.74, 6) is -16.2. The molecule has 0 spiro atoms. The van der Waals surface area contributed by atoms with E-state index >= 15 is 0 Å². The highest BCUT2D eigenvalue weighted by molar-refractivity contribution is 7.39. The molecule has 1 aliphatic carbocycles. The Balaban J connectivity index is 0.0000198. The molecule has 14 N–H and O–H groups in total. The first-order valence-electron chi connectivity index (χ1n) is 31.5. The zero-order valence-electron chi connectivity index (χ0n) is 58.6. The summed E-state index contributed by atoms with van der Waals surface area (Å²) in [4.78, 5) is 217. The Bertz CT molecular complexity index is 3280. The van der Waals surface area contributed by atoms with Gasteiger partial charge in [0.1, 0.15) is 60.2 Å². The molecule has 0 aromatic carbocycles. The first kappa shape index (κ1) is 87.1. The minimum absolute atomic E-state index is 0. The number of aliphatic hydroxyl groups is 2. The molecule has 5 fully saturated rings. The van der Waals surface area contributed by atoms with Crippen LogP contribution < -0.4 is 33.6 Å². The minimum Gasteiger partial charge on any atom is -0.510 e. The second kappa shape index (κ2) is 37.6. The number of amides is 5. The summed E-state index contributed by atoms with van der Waals surface area (Å²) in [6.45, 7) is 9.91. The van der Waals surface area contributed by atoms with E-state index in [1.165, 1.54) is 6.92 Å². The van der Waals surface area contributed by atoms with Gasteiger partial charge in [0.2, 0.25) is 17.7 Å². The van der Waals surface area contributed by atoms with E-state index in [0.29, 0.717) is 0 Å². The van der Waals surface area contributed by atoms with E-state index in [9.17, 15) is 91.9 Å². The molecule has 0 aromatic heterocycles. The third kappa shape index (κ3) is 23.0. The number of ether oxygens (including phenoxy) is 19. The van der Waals surface area contributed by atoms with Crippen LogP contribution in [0.5, 0.6) is 0 Å². The van der Waals surface area contributed by atoms with E-state index in [2.05, 4.69) is 16.0 Å². The fourth-order valence-corrected chi connectivity index (χ4v) is 12.4. The number of aliphatic hydroxyl groups excluding tert-OH is 1. The number of Topliss-reactive ketones (excluding diaryl/α,β-unsaturated/α-hetero) is 1. The number of esters is 9. The summed E-state index contributed by atoms with van der Waals surface area (Å²) in [5.41, 5.74) is 7.56. The summed E-state index contributed by atoms with van der Waals surface area (Å²) in [7, 11) is -3.61. The van der Waals surface area contributed by atoms with Crippen LogP contribution in [-0.4, -0.2) is 275 Å². The topological polar surface area (TPSA) is 645 Å². The number of ketones is 1. The highest BCUT2D eigenvalue weighted by atomic mass is 31.2. The number of rotatable bonds is 27. The van der Waals surface area contributed by atoms with Crippen LogP contribution in [0.2, 0.25) is 0 Å². The van der Waals surface area contributed by atoms with Crippen LogP contribution in [0, 0.1) is 0 Å². The van der Waals surface area contributed by atoms with Gasteiger partial charge in [-0.1, -0.05) is 0 Å². The molecule has 590 valence electrons. The third-order valence-electron chi connectivity index (χ3n) is 15.7. The second-order valence-electron chi connectivity index (χ2n) is 24.2. The van der Waals surface area contributed by atoms with Crippen LogP contribution in [0.4, 0.5) is 4.79 Å². The zero-order valence-corrected chi connectivity index (χ0v) is 59.5. The highest BCUT2D eigenvalue weighted by Gasteiger charge is 2.64. The van der Waals surface area contributed by atoms with Gasteiger partial charge in [0.25, 0.3) is 5.91 Å². The monoisotopic (exact) mass is 1530 g/mol. The van der Waals surface area contributed by atoms with Crippen LogP contribution in [0.25, 0.3) is 0 Å². The molecule has 5 aliphatic heterocycles. The average molecular weight is 1530 g/mol. The van der Waals surface area contributed by atoms with Gasteiger partial charge < -0.3 is 144 Å². The molecular formula is C59H85N6O39P. The van der Waals surface area contributed by atoms with Crippen molar-refractivity contribution in [3.63, 3.8) is 0 Å². The van der Waals surface area contributed by atoms with Crippen LogP contribution in [0.15, 0.2) is 11.5 Å². The van der Waals surface area contributed by atoms with Gasteiger partial charge in [-0.25, -0.2) is 4.79 Å². The van der Waals surface area contributed by atoms with E-state index in [0.717, 1.165) is 83.1 Å². The van der Waals surface area contributed by atoms with E-state index in [4.69, 9.17) is 106 Å². The second-order valence-corrected chi connectivity index (χ2v) is 24.9. The standard InChI is InChI=1S/C59H82N5O39P.H3N/c1-18-37(97-56-47(94-29(12)75)44(92-27(10)73)43(91-26(9)72)45(99-56)52(79)64-34-30(76)14-15-31(34)77)40(88-23(6)69)35(62-19(2)65)53(86-18)98-38-33(17-85-55-46(93-28(11)74)42(90-25(8)71)39(87-22(5)68)32(96-55)16-84-21(4)67)95-54(36(63-20(3)66)41(38)89-24(7)70)100-48-49(102-58(61)80)59(13,81)50(51(60)78)101-57(48)103-104(82)83;/h18,32-33,35-50,53-57,76,81-83H,14-17H2,1-13H3,(H2,60,78)(H2,61,80)(H,62,65)(H,63,66)(H,64,79);1H3/t18-,32-,33-,35-,36-,37-,38-,39-,40-,41-,42+,43-,44+,45+,46-,47-,48-,49-,50-,53+,54+,55-,56-,57-,59+;/m1./s1. The lowest BCUT2D eigenvalue weighted by Gasteiger charge is -2.52. The maximum absolute atomic E-state index is 14.3. The molecule has 0 bridgehead atoms. The van der Waals surface area contributed by atoms with Crippen molar-refractivity contribution in [2.75, 3.05) is 13.2 Å². The lowest BCUT2D eigenvalue weighted by molar-refractivity contribution is -0.375. The van der Waals surface area contributed by atoms with Crippen molar-refractivity contribution >= 4 is 97.8 Å². The van der Waals surface area contributed by atoms with Gasteiger partial charge in [-0.3, -0.25) is 71.6 Å². The fraction of sp³-hybridized carbons (Fsp3) is 0.712. The third-order valence-corrected chi connectivity index (χ3v) is 16.1. The molecule has 5 saturated heterocycles. The van der Waals surface area contributed by atoms with Gasteiger partial charge >= 0.3 is 68.4 Å². The normalized spacial score (nSPS) is 34.4. The maximum Gasteiger partial charge on any atom is 0.404 e. The summed E-state index contributed by atoms with van der Waals surface area (Å²) >= 11 is 0. The molecule has 0 unspecified atom stereocenters. The number of nitrogens with two attached hydrogens (primary N) is 2. The van der Waals surface area contributed by atoms with Crippen molar-refractivity contribution < 1.29 is 186 Å². The highest BCUT2D eigenvalue weighted by Crippen LogP contribution is 2.43. The van der Waals surface area contributed by atoms with Crippen molar-refractivity contribution in [3.8, 4) is 0 Å². The van der Waals surface area contributed by atoms with Crippen molar-refractivity contribution in [1.29, 1.82) is 0 Å². The van der Waals surface area contributed by atoms with Crippen LogP contribution in [0.1, 0.15) is 103 Å². The van der Waals surface area contributed by atoms with Gasteiger partial charge in [-0.15, -0.1) is 0 Å². The van der Waals surface area contributed by atoms with E-state index in [1.807, 2.05) is 0 Å². The predicted octanol–water partition coefficient (Wildman–Crippen LogP) is -4.83. The Kier molecular flexibility index (Phi) is 31.2. The molecule has 5 amide bonds. The number of primary amides is 2. The van der Waals surface area contributed by atoms with Crippen molar-refractivity contribution in [1.82, 2.24) is 22.1 Å².